The molecule has 7 aromatic rings. The average Bonchev–Trinajstić information content (AvgIpc) is 1.59. The molecule has 0 amide bonds. The number of H-pyrrole nitrogens is 2. The zero-order chi connectivity index (χ0) is 85.4. The minimum atomic E-state index is 0.0967. The molecule has 28 heteroatoms. The minimum Gasteiger partial charge on any atom is -0.490 e. The van der Waals surface area contributed by atoms with Crippen LogP contribution in [0.3, 0.4) is 0 Å². The van der Waals surface area contributed by atoms with Gasteiger partial charge in [-0.05, 0) is 227 Å². The molecule has 3 aromatic heterocycles. The van der Waals surface area contributed by atoms with Crippen molar-refractivity contribution in [3.05, 3.63) is 72.8 Å². The van der Waals surface area contributed by atoms with Crippen LogP contribution >= 0.6 is 94.1 Å². The van der Waals surface area contributed by atoms with Gasteiger partial charge >= 0.3 is 0 Å². The molecule has 20 nitrogen and oxygen atoms in total. The Morgan fingerprint density at radius 2 is 0.367 bits per heavy atom. The van der Waals surface area contributed by atoms with Crippen LogP contribution in [-0.4, -0.2) is 160 Å². The van der Waals surface area contributed by atoms with E-state index in [9.17, 15) is 38.4 Å². The molecular formula is C92H118N4O16S8. The Labute approximate surface area is 741 Å². The summed E-state index contributed by atoms with van der Waals surface area (Å²) in [6, 6.07) is 24.7. The van der Waals surface area contributed by atoms with Gasteiger partial charge in [0.05, 0.1) is 75.6 Å². The van der Waals surface area contributed by atoms with Crippen molar-refractivity contribution < 1.29 is 76.3 Å². The molecule has 2 aliphatic heterocycles. The van der Waals surface area contributed by atoms with E-state index >= 15 is 0 Å². The first-order valence-electron chi connectivity index (χ1n) is 42.3. The van der Waals surface area contributed by atoms with Gasteiger partial charge in [0, 0.05) is 167 Å². The van der Waals surface area contributed by atoms with Gasteiger partial charge in [-0.15, -0.1) is 0 Å². The van der Waals surface area contributed by atoms with Gasteiger partial charge in [-0.1, -0.05) is 94.1 Å². The summed E-state index contributed by atoms with van der Waals surface area (Å²) in [5.41, 5.74) is 8.63. The lowest BCUT2D eigenvalue weighted by atomic mass is 10.0. The van der Waals surface area contributed by atoms with E-state index in [0.717, 1.165) is 266 Å². The van der Waals surface area contributed by atoms with Crippen molar-refractivity contribution in [3.63, 3.8) is 0 Å². The Morgan fingerprint density at radius 3 is 0.517 bits per heavy atom. The zero-order valence-corrected chi connectivity index (χ0v) is 77.4. The van der Waals surface area contributed by atoms with Crippen molar-refractivity contribution in [3.8, 4) is 91.0 Å². The van der Waals surface area contributed by atoms with E-state index in [1.54, 1.807) is 55.4 Å². The highest BCUT2D eigenvalue weighted by Gasteiger charge is 2.27. The number of fused-ring (bicyclic) bond motifs is 20. The van der Waals surface area contributed by atoms with E-state index in [0.29, 0.717) is 122 Å². The first-order chi connectivity index (χ1) is 58.2. The van der Waals surface area contributed by atoms with Gasteiger partial charge in [0.2, 0.25) is 0 Å². The molecule has 0 fully saturated rings. The molecule has 650 valence electrons. The molecule has 2 N–H and O–H groups in total. The van der Waals surface area contributed by atoms with Gasteiger partial charge in [0.15, 0.2) is 86.9 Å². The fourth-order valence-corrected chi connectivity index (χ4v) is 18.7. The van der Waals surface area contributed by atoms with Crippen LogP contribution in [-0.2, 0) is 38.4 Å². The standard InChI is InChI=1S/C92H118N4O16S8/c1-61(97)113-41-25-9-17-33-105-85-49-69-70(50-86(85)106-34-18-10-26-42-114-62(2)98)78-58-80-73-53-89(109-37-21-13-29-45-117-65(5)101)90(110-38-22-14-30-46-118-66(6)102)54-74(73)82(95-80)60-84-76-56-92(112-40-24-16-32-48-120-68(8)104)91(111-39-23-15-31-47-119-67(7)103)55-75(76)83(96-84)59-81-72-52-88(108-36-20-12-28-44-116-64(4)100)87(107-35-19-11-27-43-115-63(3)99)51-71(72)79(94-81)57-77(69)93-78/h49-60,93,96H,9-48H2,1-8H3. The molecule has 5 heterocycles. The molecular weight excluding hydrogens is 1670 g/mol. The SMILES string of the molecule is CC(=O)SCCCCCOc1cc2c(cc1OCCCCCSC(C)=O)-c1cc3[nH]c(cc4nc(cc5[nH]c(cc-2n1)c1cc(OCCCCCSC(C)=O)c(OCCCCCSC(C)=O)cc51)-c1cc(OCCCCCSC(C)=O)c(OCCCCCSC(C)=O)cc1-4)c1cc(OCCCCCSC(C)=O)c(OCCCCCSC(C)=O)cc31. The van der Waals surface area contributed by atoms with E-state index < -0.39 is 0 Å². The van der Waals surface area contributed by atoms with Crippen LogP contribution in [0.4, 0.5) is 0 Å². The maximum absolute atomic E-state index is 11.9. The van der Waals surface area contributed by atoms with Gasteiger partial charge in [-0.2, -0.15) is 0 Å². The number of carbonyl (C=O) groups is 8. The van der Waals surface area contributed by atoms with E-state index in [2.05, 4.69) is 58.5 Å². The molecule has 2 aliphatic rings. The highest BCUT2D eigenvalue weighted by Crippen LogP contribution is 2.49. The number of hydrogen-bond donors (Lipinski definition) is 2. The number of unbranched alkanes of at least 4 members (excludes halogenated alkanes) is 16. The fourth-order valence-electron chi connectivity index (χ4n) is 13.6. The molecule has 120 heavy (non-hydrogen) atoms. The number of benzene rings is 4. The fraction of sp³-hybridized carbons (Fsp3) is 0.522. The van der Waals surface area contributed by atoms with Crippen LogP contribution in [0.15, 0.2) is 72.8 Å². The quantitative estimate of drug-likeness (QED) is 0.0335. The second-order valence-corrected chi connectivity index (χ2v) is 39.8. The van der Waals surface area contributed by atoms with Gasteiger partial charge in [0.25, 0.3) is 0 Å². The summed E-state index contributed by atoms with van der Waals surface area (Å²) in [6.07, 6.45) is 19.7. The average molecular weight is 1790 g/mol. The summed E-state index contributed by atoms with van der Waals surface area (Å²) >= 11 is 10.7. The van der Waals surface area contributed by atoms with Crippen LogP contribution in [0.5, 0.6) is 46.0 Å². The molecule has 0 aliphatic carbocycles. The molecule has 0 saturated carbocycles. The van der Waals surface area contributed by atoms with E-state index in [1.165, 1.54) is 94.1 Å². The van der Waals surface area contributed by atoms with Crippen molar-refractivity contribution in [2.45, 2.75) is 209 Å². The van der Waals surface area contributed by atoms with Gasteiger partial charge in [-0.3, -0.25) is 38.4 Å². The first kappa shape index (κ1) is 96.9. The lowest BCUT2D eigenvalue weighted by Gasteiger charge is -2.15. The number of aromatic amines is 2. The number of ether oxygens (including phenoxy) is 8. The second kappa shape index (κ2) is 53.3. The molecule has 0 unspecified atom stereocenters. The lowest BCUT2D eigenvalue weighted by Crippen LogP contribution is -2.04. The second-order valence-electron chi connectivity index (χ2n) is 29.6. The number of aromatic nitrogens is 4. The first-order valence-corrected chi connectivity index (χ1v) is 50.2. The maximum Gasteiger partial charge on any atom is 0.185 e. The topological polar surface area (TPSA) is 268 Å². The number of hydrogen-bond acceptors (Lipinski definition) is 26. The van der Waals surface area contributed by atoms with Crippen molar-refractivity contribution in [2.75, 3.05) is 98.9 Å². The van der Waals surface area contributed by atoms with E-state index in [-0.39, 0.29) is 40.9 Å². The Bertz CT molecular complexity index is 4200. The molecule has 8 bridgehead atoms. The van der Waals surface area contributed by atoms with Gasteiger partial charge in [0.1, 0.15) is 0 Å². The molecule has 0 spiro atoms. The normalized spacial score (nSPS) is 11.5. The Morgan fingerprint density at radius 1 is 0.217 bits per heavy atom. The molecule has 4 aromatic carbocycles. The number of rotatable bonds is 56. The minimum absolute atomic E-state index is 0.0967. The van der Waals surface area contributed by atoms with Gasteiger partial charge < -0.3 is 47.9 Å². The summed E-state index contributed by atoms with van der Waals surface area (Å²) in [7, 11) is 0. The summed E-state index contributed by atoms with van der Waals surface area (Å²) in [6.45, 7) is 15.9. The van der Waals surface area contributed by atoms with Crippen LogP contribution in [0.1, 0.15) is 209 Å². The predicted octanol–water partition coefficient (Wildman–Crippen LogP) is 23.9. The number of thioether (sulfide) groups is 8. The highest BCUT2D eigenvalue weighted by molar-refractivity contribution is 8.15. The Kier molecular flexibility index (Phi) is 43.0. The molecule has 0 radical (unpaired) electrons. The largest absolute Gasteiger partial charge is 0.490 e. The smallest absolute Gasteiger partial charge is 0.185 e. The third-order valence-corrected chi connectivity index (χ3v) is 26.8. The molecule has 0 saturated heterocycles. The lowest BCUT2D eigenvalue weighted by molar-refractivity contribution is -0.109. The van der Waals surface area contributed by atoms with Crippen LogP contribution in [0, 0.1) is 0 Å². The number of nitrogens with zero attached hydrogens (tertiary/aromatic N) is 2. The summed E-state index contributed by atoms with van der Waals surface area (Å²) in [4.78, 5) is 114. The molecule has 9 rings (SSSR count). The summed E-state index contributed by atoms with van der Waals surface area (Å²) in [5, 5.41) is 4.07. The van der Waals surface area contributed by atoms with E-state index in [1.807, 2.05) is 24.3 Å². The van der Waals surface area contributed by atoms with Crippen LogP contribution < -0.4 is 37.9 Å². The summed E-state index contributed by atoms with van der Waals surface area (Å²) in [5.74, 6) is 10.3. The predicted molar refractivity (Wildman–Crippen MR) is 505 cm³/mol. The zero-order valence-electron chi connectivity index (χ0n) is 70.9. The summed E-state index contributed by atoms with van der Waals surface area (Å²) < 4.78 is 54.6. The van der Waals surface area contributed by atoms with E-state index in [4.69, 9.17) is 47.9 Å². The number of carbonyl (C=O) groups excluding carboxylic acids is 8. The maximum atomic E-state index is 11.9. The monoisotopic (exact) mass is 1790 g/mol. The van der Waals surface area contributed by atoms with Crippen molar-refractivity contribution in [1.29, 1.82) is 0 Å². The van der Waals surface area contributed by atoms with Crippen molar-refractivity contribution >= 4 is 179 Å². The third kappa shape index (κ3) is 33.3. The molecule has 0 atom stereocenters. The van der Waals surface area contributed by atoms with Crippen molar-refractivity contribution in [2.24, 2.45) is 0 Å². The van der Waals surface area contributed by atoms with Crippen LogP contribution in [0.2, 0.25) is 0 Å². The Hall–Kier alpha value is -6.92. The van der Waals surface area contributed by atoms with Crippen molar-refractivity contribution in [1.82, 2.24) is 19.9 Å². The Balaban J connectivity index is 1.31. The van der Waals surface area contributed by atoms with Gasteiger partial charge in [-0.25, -0.2) is 9.97 Å². The third-order valence-electron chi connectivity index (χ3n) is 19.6. The number of nitrogens with one attached hydrogen (secondary N) is 2. The van der Waals surface area contributed by atoms with Crippen LogP contribution in [0.25, 0.3) is 88.6 Å². The highest BCUT2D eigenvalue weighted by atomic mass is 32.2.